The highest BCUT2D eigenvalue weighted by atomic mass is 35.5. The van der Waals surface area contributed by atoms with Crippen LogP contribution in [0.1, 0.15) is 18.4 Å². The second kappa shape index (κ2) is 7.84. The number of rotatable bonds is 5. The number of allylic oxidation sites excluding steroid dienone is 1. The van der Waals surface area contributed by atoms with Crippen molar-refractivity contribution in [3.05, 3.63) is 45.6 Å². The lowest BCUT2D eigenvalue weighted by atomic mass is 10.1. The molecule has 0 radical (unpaired) electrons. The number of hydrogen-bond acceptors (Lipinski definition) is 3. The molecule has 0 saturated heterocycles. The fourth-order valence-corrected chi connectivity index (χ4v) is 2.72. The Bertz CT molecular complexity index is 548. The largest absolute Gasteiger partial charge is 0.375 e. The van der Waals surface area contributed by atoms with Crippen molar-refractivity contribution in [2.45, 2.75) is 19.4 Å². The van der Waals surface area contributed by atoms with Gasteiger partial charge in [0.15, 0.2) is 5.11 Å². The molecule has 1 aliphatic rings. The molecule has 1 aromatic carbocycles. The third-order valence-corrected chi connectivity index (χ3v) is 3.97. The number of nitrogens with two attached hydrogens (primary N) is 1. The molecule has 2 rings (SSSR count). The van der Waals surface area contributed by atoms with E-state index in [1.807, 2.05) is 12.1 Å². The molecule has 0 spiro atoms. The highest BCUT2D eigenvalue weighted by Crippen LogP contribution is 2.25. The molecule has 4 N–H and O–H groups in total. The molecular formula is C14H18Cl2N4S. The average molecular weight is 345 g/mol. The second-order valence-electron chi connectivity index (χ2n) is 4.84. The molecule has 0 aliphatic carbocycles. The van der Waals surface area contributed by atoms with Crippen LogP contribution < -0.4 is 16.6 Å². The SMILES string of the molecule is NC(=S)NNCC1=CCCCN1Cc1cc(Cl)ccc1Cl. The van der Waals surface area contributed by atoms with Gasteiger partial charge in [0.25, 0.3) is 0 Å². The summed E-state index contributed by atoms with van der Waals surface area (Å²) >= 11 is 17.1. The smallest absolute Gasteiger partial charge is 0.178 e. The van der Waals surface area contributed by atoms with Crippen molar-refractivity contribution in [2.24, 2.45) is 5.73 Å². The van der Waals surface area contributed by atoms with Crippen LogP contribution in [0.4, 0.5) is 0 Å². The standard InChI is InChI=1S/C14H18Cl2N4S/c15-11-4-5-13(16)10(7-11)9-20-6-2-1-3-12(20)8-18-19-14(17)21/h3-5,7,18H,1-2,6,8-9H2,(H3,17,19,21). The first-order valence-corrected chi connectivity index (χ1v) is 7.89. The van der Waals surface area contributed by atoms with Gasteiger partial charge in [0.05, 0.1) is 6.54 Å². The third kappa shape index (κ3) is 5.04. The Hall–Kier alpha value is -1.01. The number of hydrazine groups is 1. The molecule has 21 heavy (non-hydrogen) atoms. The summed E-state index contributed by atoms with van der Waals surface area (Å²) in [5.41, 5.74) is 13.4. The fourth-order valence-electron chi connectivity index (χ4n) is 2.28. The van der Waals surface area contributed by atoms with Crippen LogP contribution in [-0.2, 0) is 6.54 Å². The lowest BCUT2D eigenvalue weighted by Crippen LogP contribution is -2.44. The van der Waals surface area contributed by atoms with E-state index < -0.39 is 0 Å². The van der Waals surface area contributed by atoms with Gasteiger partial charge in [0.2, 0.25) is 0 Å². The van der Waals surface area contributed by atoms with Gasteiger partial charge < -0.3 is 10.6 Å². The van der Waals surface area contributed by atoms with Crippen molar-refractivity contribution in [1.82, 2.24) is 15.8 Å². The predicted octanol–water partition coefficient (Wildman–Crippen LogP) is 2.81. The van der Waals surface area contributed by atoms with Crippen molar-refractivity contribution in [1.29, 1.82) is 0 Å². The van der Waals surface area contributed by atoms with E-state index in [1.165, 1.54) is 5.70 Å². The average Bonchev–Trinajstić information content (AvgIpc) is 2.44. The molecule has 7 heteroatoms. The molecular weight excluding hydrogens is 327 g/mol. The fraction of sp³-hybridized carbons (Fsp3) is 0.357. The Labute approximate surface area is 140 Å². The number of hydrogen-bond donors (Lipinski definition) is 3. The van der Waals surface area contributed by atoms with Crippen LogP contribution in [-0.4, -0.2) is 23.1 Å². The van der Waals surface area contributed by atoms with Crippen molar-refractivity contribution in [3.63, 3.8) is 0 Å². The molecule has 0 atom stereocenters. The minimum absolute atomic E-state index is 0.232. The predicted molar refractivity (Wildman–Crippen MR) is 92.1 cm³/mol. The summed E-state index contributed by atoms with van der Waals surface area (Å²) in [7, 11) is 0. The molecule has 0 amide bonds. The Kier molecular flexibility index (Phi) is 6.11. The minimum atomic E-state index is 0.232. The molecule has 0 unspecified atom stereocenters. The maximum Gasteiger partial charge on any atom is 0.178 e. The molecule has 0 saturated carbocycles. The van der Waals surface area contributed by atoms with E-state index in [0.29, 0.717) is 11.6 Å². The Balaban J connectivity index is 2.02. The summed E-state index contributed by atoms with van der Waals surface area (Å²) in [4.78, 5) is 2.29. The highest BCUT2D eigenvalue weighted by Gasteiger charge is 2.15. The van der Waals surface area contributed by atoms with Crippen molar-refractivity contribution in [2.75, 3.05) is 13.1 Å². The van der Waals surface area contributed by atoms with Crippen LogP contribution in [0.3, 0.4) is 0 Å². The summed E-state index contributed by atoms with van der Waals surface area (Å²) in [6, 6.07) is 5.55. The van der Waals surface area contributed by atoms with Crippen LogP contribution in [0, 0.1) is 0 Å². The summed E-state index contributed by atoms with van der Waals surface area (Å²) in [5.74, 6) is 0. The van der Waals surface area contributed by atoms with Crippen LogP contribution >= 0.6 is 35.4 Å². The van der Waals surface area contributed by atoms with Gasteiger partial charge in [-0.15, -0.1) is 0 Å². The number of thiocarbonyl (C=S) groups is 1. The molecule has 0 bridgehead atoms. The van der Waals surface area contributed by atoms with Gasteiger partial charge in [-0.1, -0.05) is 29.3 Å². The molecule has 4 nitrogen and oxygen atoms in total. The van der Waals surface area contributed by atoms with E-state index in [0.717, 1.165) is 36.5 Å². The van der Waals surface area contributed by atoms with E-state index in [1.54, 1.807) is 6.07 Å². The lowest BCUT2D eigenvalue weighted by molar-refractivity contribution is 0.304. The first-order valence-electron chi connectivity index (χ1n) is 6.72. The number of nitrogens with zero attached hydrogens (tertiary/aromatic N) is 1. The summed E-state index contributed by atoms with van der Waals surface area (Å²) in [6.07, 6.45) is 4.42. The number of benzene rings is 1. The van der Waals surface area contributed by atoms with E-state index >= 15 is 0 Å². The quantitative estimate of drug-likeness (QED) is 0.566. The van der Waals surface area contributed by atoms with Gasteiger partial charge in [-0.25, -0.2) is 5.43 Å². The Morgan fingerprint density at radius 2 is 2.19 bits per heavy atom. The molecule has 0 aromatic heterocycles. The van der Waals surface area contributed by atoms with Crippen LogP contribution in [0.15, 0.2) is 30.0 Å². The number of nitrogens with one attached hydrogen (secondary N) is 2. The summed E-state index contributed by atoms with van der Waals surface area (Å²) in [6.45, 7) is 2.37. The molecule has 1 aliphatic heterocycles. The Morgan fingerprint density at radius 3 is 2.95 bits per heavy atom. The van der Waals surface area contributed by atoms with E-state index in [2.05, 4.69) is 21.8 Å². The van der Waals surface area contributed by atoms with E-state index in [-0.39, 0.29) is 5.11 Å². The maximum absolute atomic E-state index is 6.24. The maximum atomic E-state index is 6.24. The first kappa shape index (κ1) is 16.4. The van der Waals surface area contributed by atoms with E-state index in [9.17, 15) is 0 Å². The molecule has 0 fully saturated rings. The molecule has 1 aromatic rings. The summed E-state index contributed by atoms with van der Waals surface area (Å²) < 4.78 is 0. The van der Waals surface area contributed by atoms with Gasteiger partial charge in [-0.05, 0) is 48.8 Å². The molecule has 1 heterocycles. The topological polar surface area (TPSA) is 53.3 Å². The van der Waals surface area contributed by atoms with Crippen molar-refractivity contribution < 1.29 is 0 Å². The van der Waals surface area contributed by atoms with Gasteiger partial charge in [0, 0.05) is 28.8 Å². The lowest BCUT2D eigenvalue weighted by Gasteiger charge is -2.31. The van der Waals surface area contributed by atoms with Crippen molar-refractivity contribution >= 4 is 40.5 Å². The highest BCUT2D eigenvalue weighted by molar-refractivity contribution is 7.80. The third-order valence-electron chi connectivity index (χ3n) is 3.27. The van der Waals surface area contributed by atoms with Crippen LogP contribution in [0.5, 0.6) is 0 Å². The zero-order chi connectivity index (χ0) is 15.2. The first-order chi connectivity index (χ1) is 10.1. The monoisotopic (exact) mass is 344 g/mol. The zero-order valence-corrected chi connectivity index (χ0v) is 13.9. The summed E-state index contributed by atoms with van der Waals surface area (Å²) in [5, 5.41) is 1.67. The number of halogens is 2. The van der Waals surface area contributed by atoms with Gasteiger partial charge in [-0.2, -0.15) is 0 Å². The zero-order valence-electron chi connectivity index (χ0n) is 11.5. The second-order valence-corrected chi connectivity index (χ2v) is 6.12. The van der Waals surface area contributed by atoms with Gasteiger partial charge in [-0.3, -0.25) is 5.43 Å². The Morgan fingerprint density at radius 1 is 1.38 bits per heavy atom. The van der Waals surface area contributed by atoms with Gasteiger partial charge >= 0.3 is 0 Å². The van der Waals surface area contributed by atoms with Gasteiger partial charge in [0.1, 0.15) is 0 Å². The van der Waals surface area contributed by atoms with Crippen LogP contribution in [0.25, 0.3) is 0 Å². The normalized spacial score (nSPS) is 14.8. The molecule has 114 valence electrons. The van der Waals surface area contributed by atoms with E-state index in [4.69, 9.17) is 41.2 Å². The van der Waals surface area contributed by atoms with Crippen molar-refractivity contribution in [3.8, 4) is 0 Å². The minimum Gasteiger partial charge on any atom is -0.375 e. The van der Waals surface area contributed by atoms with Crippen LogP contribution in [0.2, 0.25) is 10.0 Å².